The van der Waals surface area contributed by atoms with E-state index in [1.165, 1.54) is 12.1 Å². The Morgan fingerprint density at radius 3 is 2.74 bits per heavy atom. The van der Waals surface area contributed by atoms with E-state index in [2.05, 4.69) is 20.3 Å². The van der Waals surface area contributed by atoms with E-state index in [0.29, 0.717) is 11.4 Å². The highest BCUT2D eigenvalue weighted by atomic mass is 19.3. The molecule has 1 aromatic heterocycles. The molecule has 0 radical (unpaired) electrons. The molecule has 0 spiro atoms. The van der Waals surface area contributed by atoms with Crippen LogP contribution in [0.5, 0.6) is 11.5 Å². The second-order valence-electron chi connectivity index (χ2n) is 5.73. The highest BCUT2D eigenvalue weighted by Crippen LogP contribution is 2.28. The van der Waals surface area contributed by atoms with E-state index in [-0.39, 0.29) is 17.1 Å². The Morgan fingerprint density at radius 1 is 1.19 bits per heavy atom. The van der Waals surface area contributed by atoms with Crippen molar-refractivity contribution in [2.24, 2.45) is 0 Å². The molecule has 140 valence electrons. The quantitative estimate of drug-likeness (QED) is 0.677. The van der Waals surface area contributed by atoms with E-state index in [4.69, 9.17) is 4.74 Å². The number of carbonyl (C=O) groups excluding carboxylic acids is 1. The minimum atomic E-state index is -2.99. The van der Waals surface area contributed by atoms with Crippen LogP contribution in [0.1, 0.15) is 16.1 Å². The number of anilines is 1. The van der Waals surface area contributed by atoms with E-state index in [1.54, 1.807) is 38.3 Å². The maximum absolute atomic E-state index is 12.6. The van der Waals surface area contributed by atoms with Crippen molar-refractivity contribution >= 4 is 11.6 Å². The summed E-state index contributed by atoms with van der Waals surface area (Å²) in [6.07, 6.45) is 0. The van der Waals surface area contributed by atoms with Crippen LogP contribution in [0.25, 0.3) is 11.3 Å². The molecule has 2 N–H and O–H groups in total. The van der Waals surface area contributed by atoms with Gasteiger partial charge in [0.1, 0.15) is 17.2 Å². The average Bonchev–Trinajstić information content (AvgIpc) is 3.14. The van der Waals surface area contributed by atoms with Gasteiger partial charge in [0.25, 0.3) is 5.91 Å². The number of H-pyrrole nitrogens is 1. The van der Waals surface area contributed by atoms with E-state index in [1.807, 2.05) is 12.1 Å². The molecule has 0 saturated heterocycles. The number of rotatable bonds is 6. The summed E-state index contributed by atoms with van der Waals surface area (Å²) in [6, 6.07) is 13.4. The number of carbonyl (C=O) groups is 1. The van der Waals surface area contributed by atoms with Gasteiger partial charge in [0.2, 0.25) is 0 Å². The summed E-state index contributed by atoms with van der Waals surface area (Å²) in [4.78, 5) is 12.5. The Bertz CT molecular complexity index is 957. The number of aryl methyl sites for hydroxylation is 1. The first-order valence-corrected chi connectivity index (χ1v) is 8.03. The van der Waals surface area contributed by atoms with Crippen molar-refractivity contribution in [1.29, 1.82) is 0 Å². The number of hydrogen-bond acceptors (Lipinski definition) is 4. The van der Waals surface area contributed by atoms with Gasteiger partial charge in [0.15, 0.2) is 0 Å². The first kappa shape index (κ1) is 18.4. The maximum Gasteiger partial charge on any atom is 0.387 e. The molecule has 3 aromatic rings. The normalized spacial score (nSPS) is 10.7. The number of amides is 1. The lowest BCUT2D eigenvalue weighted by molar-refractivity contribution is -0.0494. The zero-order valence-electron chi connectivity index (χ0n) is 14.6. The molecular weight excluding hydrogens is 356 g/mol. The summed E-state index contributed by atoms with van der Waals surface area (Å²) in [5.74, 6) is 0.0282. The van der Waals surface area contributed by atoms with Gasteiger partial charge in [-0.2, -0.15) is 13.9 Å². The van der Waals surface area contributed by atoms with Crippen LogP contribution in [0.2, 0.25) is 0 Å². The average molecular weight is 373 g/mol. The number of alkyl halides is 2. The van der Waals surface area contributed by atoms with Gasteiger partial charge in [0, 0.05) is 5.56 Å². The molecule has 0 atom stereocenters. The standard InChI is InChI=1S/C19H17F2N3O3/c1-11-6-7-14(17(8-11)27-19(20)21)22-18(25)16-10-15(23-24-16)12-4-3-5-13(9-12)26-2/h3-10,19H,1-2H3,(H,22,25)(H,23,24). The molecule has 0 unspecified atom stereocenters. The SMILES string of the molecule is COc1cccc(-c2cc(C(=O)Nc3ccc(C)cc3OC(F)F)[nH]n2)c1. The molecule has 0 saturated carbocycles. The van der Waals surface area contributed by atoms with Gasteiger partial charge in [-0.15, -0.1) is 0 Å². The molecule has 0 aliphatic rings. The Hall–Kier alpha value is -3.42. The minimum absolute atomic E-state index is 0.106. The third kappa shape index (κ3) is 4.41. The minimum Gasteiger partial charge on any atom is -0.497 e. The summed E-state index contributed by atoms with van der Waals surface area (Å²) < 4.78 is 34.8. The number of nitrogens with zero attached hydrogens (tertiary/aromatic N) is 1. The molecule has 0 fully saturated rings. The molecule has 0 aliphatic heterocycles. The van der Waals surface area contributed by atoms with Gasteiger partial charge in [-0.05, 0) is 42.8 Å². The topological polar surface area (TPSA) is 76.2 Å². The fourth-order valence-electron chi connectivity index (χ4n) is 2.48. The van der Waals surface area contributed by atoms with Crippen LogP contribution in [0.4, 0.5) is 14.5 Å². The van der Waals surface area contributed by atoms with Crippen molar-refractivity contribution in [2.75, 3.05) is 12.4 Å². The summed E-state index contributed by atoms with van der Waals surface area (Å²) in [6.45, 7) is -1.26. The summed E-state index contributed by atoms with van der Waals surface area (Å²) in [7, 11) is 1.56. The monoisotopic (exact) mass is 373 g/mol. The van der Waals surface area contributed by atoms with Crippen LogP contribution in [0.3, 0.4) is 0 Å². The van der Waals surface area contributed by atoms with Crippen molar-refractivity contribution in [2.45, 2.75) is 13.5 Å². The van der Waals surface area contributed by atoms with Crippen LogP contribution in [-0.2, 0) is 0 Å². The predicted molar refractivity (Wildman–Crippen MR) is 96.3 cm³/mol. The van der Waals surface area contributed by atoms with Gasteiger partial charge < -0.3 is 14.8 Å². The summed E-state index contributed by atoms with van der Waals surface area (Å²) >= 11 is 0. The summed E-state index contributed by atoms with van der Waals surface area (Å²) in [5.41, 5.74) is 2.36. The Morgan fingerprint density at radius 2 is 2.00 bits per heavy atom. The van der Waals surface area contributed by atoms with Crippen molar-refractivity contribution in [1.82, 2.24) is 10.2 Å². The number of aromatic nitrogens is 2. The fourth-order valence-corrected chi connectivity index (χ4v) is 2.48. The van der Waals surface area contributed by atoms with E-state index in [9.17, 15) is 13.6 Å². The Labute approximate surface area is 154 Å². The first-order valence-electron chi connectivity index (χ1n) is 8.03. The van der Waals surface area contributed by atoms with Crippen molar-refractivity contribution < 1.29 is 23.0 Å². The zero-order valence-corrected chi connectivity index (χ0v) is 14.6. The molecule has 27 heavy (non-hydrogen) atoms. The largest absolute Gasteiger partial charge is 0.497 e. The van der Waals surface area contributed by atoms with Gasteiger partial charge >= 0.3 is 6.61 Å². The number of benzene rings is 2. The third-order valence-electron chi connectivity index (χ3n) is 3.79. The number of halogens is 2. The molecule has 8 heteroatoms. The van der Waals surface area contributed by atoms with Gasteiger partial charge in [0.05, 0.1) is 18.5 Å². The highest BCUT2D eigenvalue weighted by molar-refractivity contribution is 6.04. The second kappa shape index (κ2) is 7.86. The molecule has 6 nitrogen and oxygen atoms in total. The van der Waals surface area contributed by atoms with Gasteiger partial charge in [-0.1, -0.05) is 18.2 Å². The third-order valence-corrected chi connectivity index (χ3v) is 3.79. The number of nitrogens with one attached hydrogen (secondary N) is 2. The fraction of sp³-hybridized carbons (Fsp3) is 0.158. The number of ether oxygens (including phenoxy) is 2. The number of aromatic amines is 1. The lowest BCUT2D eigenvalue weighted by Gasteiger charge is -2.12. The van der Waals surface area contributed by atoms with Crippen LogP contribution >= 0.6 is 0 Å². The van der Waals surface area contributed by atoms with Crippen molar-refractivity contribution in [3.05, 3.63) is 59.8 Å². The first-order chi connectivity index (χ1) is 13.0. The maximum atomic E-state index is 12.6. The van der Waals surface area contributed by atoms with E-state index in [0.717, 1.165) is 11.1 Å². The molecule has 1 heterocycles. The van der Waals surface area contributed by atoms with Crippen LogP contribution in [-0.4, -0.2) is 29.8 Å². The van der Waals surface area contributed by atoms with Gasteiger partial charge in [-0.3, -0.25) is 9.89 Å². The Balaban J connectivity index is 1.81. The van der Waals surface area contributed by atoms with Crippen LogP contribution in [0, 0.1) is 6.92 Å². The summed E-state index contributed by atoms with van der Waals surface area (Å²) in [5, 5.41) is 9.31. The molecule has 2 aromatic carbocycles. The van der Waals surface area contributed by atoms with Crippen molar-refractivity contribution in [3.63, 3.8) is 0 Å². The molecule has 0 aliphatic carbocycles. The number of hydrogen-bond donors (Lipinski definition) is 2. The molecule has 1 amide bonds. The van der Waals surface area contributed by atoms with E-state index < -0.39 is 12.5 Å². The van der Waals surface area contributed by atoms with Gasteiger partial charge in [-0.25, -0.2) is 0 Å². The second-order valence-corrected chi connectivity index (χ2v) is 5.73. The Kier molecular flexibility index (Phi) is 5.35. The van der Waals surface area contributed by atoms with Crippen LogP contribution < -0.4 is 14.8 Å². The lowest BCUT2D eigenvalue weighted by Crippen LogP contribution is -2.14. The highest BCUT2D eigenvalue weighted by Gasteiger charge is 2.16. The van der Waals surface area contributed by atoms with Crippen LogP contribution in [0.15, 0.2) is 48.5 Å². The van der Waals surface area contributed by atoms with Crippen molar-refractivity contribution in [3.8, 4) is 22.8 Å². The smallest absolute Gasteiger partial charge is 0.387 e. The lowest BCUT2D eigenvalue weighted by atomic mass is 10.1. The molecule has 0 bridgehead atoms. The van der Waals surface area contributed by atoms with E-state index >= 15 is 0 Å². The zero-order chi connectivity index (χ0) is 19.4. The predicted octanol–water partition coefficient (Wildman–Crippen LogP) is 4.25. The number of methoxy groups -OCH3 is 1. The molecule has 3 rings (SSSR count). The molecular formula is C19H17F2N3O3.